The normalized spacial score (nSPS) is 17.6. The topological polar surface area (TPSA) is 60.9 Å². The molecule has 2 aliphatic heterocycles. The fourth-order valence-electron chi connectivity index (χ4n) is 8.17. The first-order chi connectivity index (χ1) is 25.7. The maximum Gasteiger partial charge on any atom is 0.397 e. The van der Waals surface area contributed by atoms with Gasteiger partial charge in [0.25, 0.3) is 0 Å². The van der Waals surface area contributed by atoms with Crippen molar-refractivity contribution in [3.8, 4) is 0 Å². The highest BCUT2D eigenvalue weighted by Gasteiger charge is 2.48. The highest BCUT2D eigenvalue weighted by atomic mass is 35.5. The molecule has 0 aromatic heterocycles. The van der Waals surface area contributed by atoms with Crippen LogP contribution in [0.1, 0.15) is 65.8 Å². The van der Waals surface area contributed by atoms with Gasteiger partial charge in [0.15, 0.2) is 0 Å². The first kappa shape index (κ1) is 42.7. The van der Waals surface area contributed by atoms with Crippen molar-refractivity contribution in [1.82, 2.24) is 14.7 Å². The van der Waals surface area contributed by atoms with Crippen LogP contribution in [0.5, 0.6) is 0 Å². The van der Waals surface area contributed by atoms with Crippen LogP contribution in [0.3, 0.4) is 0 Å². The van der Waals surface area contributed by atoms with Gasteiger partial charge in [0.1, 0.15) is 6.42 Å². The summed E-state index contributed by atoms with van der Waals surface area (Å²) in [5.41, 5.74) is 3.40. The fourth-order valence-corrected chi connectivity index (χ4v) is 10.4. The Bertz CT molecular complexity index is 1940. The molecule has 4 aromatic rings. The Morgan fingerprint density at radius 2 is 1.42 bits per heavy atom. The van der Waals surface area contributed by atoms with E-state index in [1.54, 1.807) is 30.1 Å². The van der Waals surface area contributed by atoms with Crippen molar-refractivity contribution >= 4 is 58.2 Å². The quantitative estimate of drug-likeness (QED) is 0.143. The lowest BCUT2D eigenvalue weighted by atomic mass is 9.81. The number of hydrogen-bond donors (Lipinski definition) is 0. The highest BCUT2D eigenvalue weighted by molar-refractivity contribution is 7.85. The molecule has 0 radical (unpaired) electrons. The molecule has 294 valence electrons. The average molecular weight is 835 g/mol. The van der Waals surface area contributed by atoms with E-state index in [1.165, 1.54) is 7.05 Å². The Morgan fingerprint density at radius 3 is 2.00 bits per heavy atom. The molecule has 6 rings (SSSR count). The molecule has 2 atom stereocenters. The number of carbonyl (C=O) groups excluding carboxylic acids is 2. The van der Waals surface area contributed by atoms with E-state index in [9.17, 15) is 27.0 Å². The van der Waals surface area contributed by atoms with Crippen molar-refractivity contribution in [2.45, 2.75) is 60.2 Å². The van der Waals surface area contributed by atoms with Crippen molar-refractivity contribution in [3.05, 3.63) is 141 Å². The van der Waals surface area contributed by atoms with Gasteiger partial charge < -0.3 is 14.7 Å². The zero-order valence-corrected chi connectivity index (χ0v) is 33.9. The molecule has 1 fully saturated rings. The van der Waals surface area contributed by atoms with Crippen molar-refractivity contribution in [1.29, 1.82) is 0 Å². The summed E-state index contributed by atoms with van der Waals surface area (Å²) in [5.74, 6) is -1.14. The van der Waals surface area contributed by atoms with Crippen LogP contribution in [0.4, 0.5) is 13.2 Å². The van der Waals surface area contributed by atoms with E-state index in [1.807, 2.05) is 78.9 Å². The van der Waals surface area contributed by atoms with Gasteiger partial charge >= 0.3 is 6.18 Å². The molecule has 2 aliphatic rings. The van der Waals surface area contributed by atoms with Crippen molar-refractivity contribution in [3.63, 3.8) is 0 Å². The summed E-state index contributed by atoms with van der Waals surface area (Å²) in [5, 5.41) is 0.501. The second-order valence-electron chi connectivity index (χ2n) is 14.5. The van der Waals surface area contributed by atoms with Gasteiger partial charge in [-0.05, 0) is 72.3 Å². The standard InChI is InChI=1S/C42H44Cl2F3N3O3S.ClH/c1-48(39(52)27-42(45,46)47)29-40(33-17-18-36(43)37(44)25-33,19-22-50-23-20-41(21-24-50)35-16-10-9-15-32(35)28-54(41)53)49(2)38(51)26-34(30-11-5-3-6-12-30)31-13-7-4-8-14-31;/h3-18,25,34H,19-24,26-29H2,1-2H3;1H/t40?,54-;/m1./s1. The Morgan fingerprint density at radius 1 is 0.836 bits per heavy atom. The molecular formula is C42H45Cl3F3N3O3S. The third kappa shape index (κ3) is 9.42. The van der Waals surface area contributed by atoms with E-state index < -0.39 is 39.6 Å². The lowest BCUT2D eigenvalue weighted by Crippen LogP contribution is -2.56. The summed E-state index contributed by atoms with van der Waals surface area (Å²) in [4.78, 5) is 32.8. The molecule has 0 saturated carbocycles. The summed E-state index contributed by atoms with van der Waals surface area (Å²) in [6.07, 6.45) is -4.64. The number of hydrogen-bond acceptors (Lipinski definition) is 4. The molecule has 13 heteroatoms. The summed E-state index contributed by atoms with van der Waals surface area (Å²) in [6, 6.07) is 32.5. The second-order valence-corrected chi connectivity index (χ2v) is 17.0. The number of nitrogens with zero attached hydrogens (tertiary/aromatic N) is 3. The number of likely N-dealkylation sites (tertiary alicyclic amines) is 1. The van der Waals surface area contributed by atoms with Gasteiger partial charge in [-0.25, -0.2) is 0 Å². The van der Waals surface area contributed by atoms with Crippen LogP contribution in [0, 0.1) is 0 Å². The highest BCUT2D eigenvalue weighted by Crippen LogP contribution is 2.47. The number of fused-ring (bicyclic) bond motifs is 2. The van der Waals surface area contributed by atoms with Gasteiger partial charge in [-0.3, -0.25) is 13.8 Å². The first-order valence-corrected chi connectivity index (χ1v) is 20.1. The summed E-state index contributed by atoms with van der Waals surface area (Å²) >= 11 is 13.0. The number of alkyl halides is 3. The van der Waals surface area contributed by atoms with Crippen LogP contribution in [0.15, 0.2) is 103 Å². The van der Waals surface area contributed by atoms with Gasteiger partial charge in [-0.15, -0.1) is 12.4 Å². The van der Waals surface area contributed by atoms with Crippen LogP contribution < -0.4 is 0 Å². The number of amides is 2. The molecule has 0 N–H and O–H groups in total. The second kappa shape index (κ2) is 17.8. The molecule has 1 saturated heterocycles. The molecule has 55 heavy (non-hydrogen) atoms. The van der Waals surface area contributed by atoms with Crippen LogP contribution in [0.25, 0.3) is 0 Å². The largest absolute Gasteiger partial charge is 0.397 e. The summed E-state index contributed by atoms with van der Waals surface area (Å²) in [6.45, 7) is 1.51. The fraction of sp³-hybridized carbons (Fsp3) is 0.381. The molecule has 0 bridgehead atoms. The third-order valence-electron chi connectivity index (χ3n) is 11.3. The molecule has 2 heterocycles. The first-order valence-electron chi connectivity index (χ1n) is 18.0. The molecule has 1 unspecified atom stereocenters. The van der Waals surface area contributed by atoms with Crippen molar-refractivity contribution in [2.75, 3.05) is 40.3 Å². The Labute approximate surface area is 339 Å². The Hall–Kier alpha value is -3.41. The van der Waals surface area contributed by atoms with Crippen molar-refractivity contribution < 1.29 is 27.0 Å². The molecule has 0 aliphatic carbocycles. The summed E-state index contributed by atoms with van der Waals surface area (Å²) in [7, 11) is 1.95. The number of halogens is 6. The predicted molar refractivity (Wildman–Crippen MR) is 216 cm³/mol. The monoisotopic (exact) mass is 833 g/mol. The van der Waals surface area contributed by atoms with Crippen LogP contribution in [-0.2, 0) is 36.4 Å². The lowest BCUT2D eigenvalue weighted by molar-refractivity contribution is -0.163. The third-order valence-corrected chi connectivity index (χ3v) is 14.1. The smallest absolute Gasteiger partial charge is 0.343 e. The molecule has 2 amide bonds. The molecular weight excluding hydrogens is 790 g/mol. The molecule has 4 aromatic carbocycles. The zero-order chi connectivity index (χ0) is 38.7. The lowest BCUT2D eigenvalue weighted by Gasteiger charge is -2.47. The van der Waals surface area contributed by atoms with E-state index >= 15 is 0 Å². The number of likely N-dealkylation sites (N-methyl/N-ethyl adjacent to an activating group) is 2. The van der Waals surface area contributed by atoms with E-state index in [2.05, 4.69) is 11.0 Å². The van der Waals surface area contributed by atoms with E-state index in [0.717, 1.165) is 27.2 Å². The number of rotatable bonds is 12. The Balaban J connectivity index is 0.00000580. The minimum absolute atomic E-state index is 0. The summed E-state index contributed by atoms with van der Waals surface area (Å²) < 4.78 is 53.7. The maximum absolute atomic E-state index is 14.8. The maximum atomic E-state index is 14.8. The van der Waals surface area contributed by atoms with E-state index in [-0.39, 0.29) is 53.7 Å². The number of piperidine rings is 1. The van der Waals surface area contributed by atoms with Gasteiger partial charge in [-0.1, -0.05) is 114 Å². The van der Waals surface area contributed by atoms with Crippen molar-refractivity contribution in [2.24, 2.45) is 0 Å². The average Bonchev–Trinajstić information content (AvgIpc) is 3.43. The minimum Gasteiger partial charge on any atom is -0.343 e. The van der Waals surface area contributed by atoms with Gasteiger partial charge in [0, 0.05) is 56.1 Å². The Kier molecular flexibility index (Phi) is 13.8. The minimum atomic E-state index is -4.71. The predicted octanol–water partition coefficient (Wildman–Crippen LogP) is 9.35. The van der Waals surface area contributed by atoms with Gasteiger partial charge in [0.2, 0.25) is 11.8 Å². The zero-order valence-electron chi connectivity index (χ0n) is 30.7. The van der Waals surface area contributed by atoms with Gasteiger partial charge in [0.05, 0.1) is 20.3 Å². The van der Waals surface area contributed by atoms with Gasteiger partial charge in [-0.2, -0.15) is 13.2 Å². The number of carbonyl (C=O) groups is 2. The van der Waals surface area contributed by atoms with Crippen LogP contribution in [0.2, 0.25) is 10.0 Å². The molecule has 1 spiro atoms. The van der Waals surface area contributed by atoms with Crippen LogP contribution >= 0.6 is 35.6 Å². The SMILES string of the molecule is CN(CC(CCN1CCC2(CC1)c1ccccc1C[S@]2=O)(c1ccc(Cl)c(Cl)c1)N(C)C(=O)CC(c1ccccc1)c1ccccc1)C(=O)CC(F)(F)F.Cl. The van der Waals surface area contributed by atoms with E-state index in [0.29, 0.717) is 43.8 Å². The molecule has 6 nitrogen and oxygen atoms in total. The number of benzene rings is 4. The van der Waals surface area contributed by atoms with Crippen LogP contribution in [-0.4, -0.2) is 77.2 Å². The van der Waals surface area contributed by atoms with E-state index in [4.69, 9.17) is 23.2 Å².